The number of ether oxygens (including phenoxy) is 1. The molecule has 0 heterocycles. The van der Waals surface area contributed by atoms with Crippen molar-refractivity contribution < 1.29 is 14.3 Å². The molecule has 52 valence electrons. The third-order valence-electron chi connectivity index (χ3n) is 1.04. The van der Waals surface area contributed by atoms with Gasteiger partial charge >= 0.3 is 77.6 Å². The molecule has 0 unspecified atom stereocenters. The number of hydrogen-bond donors (Lipinski definition) is 0. The number of rotatable bonds is 4. The maximum atomic E-state index is 10.6. The fourth-order valence-corrected chi connectivity index (χ4v) is 0.748. The van der Waals surface area contributed by atoms with Crippen molar-refractivity contribution >= 4 is 39.7 Å². The fraction of sp³-hybridized carbons (Fsp3) is 0.667. The van der Waals surface area contributed by atoms with E-state index >= 15 is 0 Å². The molecule has 0 aromatic heterocycles. The second-order valence-electron chi connectivity index (χ2n) is 1.87. The van der Waals surface area contributed by atoms with Gasteiger partial charge in [0.15, 0.2) is 0 Å². The first-order valence-electron chi connectivity index (χ1n) is 3.38. The predicted octanol–water partition coefficient (Wildman–Crippen LogP) is 0.0955. The first kappa shape index (κ1) is 10.1. The molecule has 0 radical (unpaired) electrons. The Labute approximate surface area is 77.5 Å². The number of esters is 1. The Hall–Kier alpha value is 0.140. The van der Waals surface area contributed by atoms with Gasteiger partial charge in [-0.25, -0.2) is 0 Å². The van der Waals surface area contributed by atoms with Crippen molar-refractivity contribution in [2.75, 3.05) is 6.61 Å². The molecule has 4 heteroatoms. The van der Waals surface area contributed by atoms with E-state index in [1.807, 2.05) is 0 Å². The molecule has 10 heavy (non-hydrogen) atoms. The van der Waals surface area contributed by atoms with Crippen LogP contribution >= 0.6 is 0 Å². The van der Waals surface area contributed by atoms with Gasteiger partial charge in [-0.2, -0.15) is 0 Å². The maximum absolute atomic E-state index is 10.6. The van der Waals surface area contributed by atoms with Crippen LogP contribution in [-0.4, -0.2) is 46.3 Å². The van der Waals surface area contributed by atoms with E-state index in [9.17, 15) is 9.59 Å². The van der Waals surface area contributed by atoms with Crippen LogP contribution in [0.15, 0.2) is 0 Å². The summed E-state index contributed by atoms with van der Waals surface area (Å²) >= 11 is 0.825. The second kappa shape index (κ2) is 5.89. The topological polar surface area (TPSA) is 43.4 Å². The summed E-state index contributed by atoms with van der Waals surface area (Å²) in [5.74, 6) is -0.409. The molecule has 0 saturated carbocycles. The van der Waals surface area contributed by atoms with Crippen LogP contribution in [-0.2, 0) is 14.3 Å². The average molecular weight is 152 g/mol. The van der Waals surface area contributed by atoms with Gasteiger partial charge in [-0.05, 0) is 0 Å². The molecule has 3 nitrogen and oxygen atoms in total. The Bertz CT molecular complexity index is 133. The second-order valence-corrected chi connectivity index (χ2v) is 2.58. The molecule has 0 atom stereocenters. The van der Waals surface area contributed by atoms with Crippen LogP contribution < -0.4 is 0 Å². The molecule has 0 fully saturated rings. The number of carbonyl (C=O) groups is 2. The van der Waals surface area contributed by atoms with E-state index in [4.69, 9.17) is 0 Å². The minimum absolute atomic E-state index is 0.00915. The molecule has 0 aliphatic heterocycles. The summed E-state index contributed by atoms with van der Waals surface area (Å²) in [5.41, 5.74) is 0. The van der Waals surface area contributed by atoms with Gasteiger partial charge in [-0.15, -0.1) is 0 Å². The number of ketones is 1. The molecule has 0 amide bonds. The summed E-state index contributed by atoms with van der Waals surface area (Å²) in [6, 6.07) is 0. The minimum atomic E-state index is -0.400. The monoisotopic (exact) mass is 152 g/mol. The Balaban J connectivity index is 3.47. The number of carbonyl (C=O) groups excluding carboxylic acids is 2. The normalized spacial score (nSPS) is 9.10. The van der Waals surface area contributed by atoms with Crippen LogP contribution in [0.25, 0.3) is 0 Å². The van der Waals surface area contributed by atoms with Gasteiger partial charge in [0.2, 0.25) is 0 Å². The summed E-state index contributed by atoms with van der Waals surface area (Å²) in [7, 11) is 0. The molecule has 0 N–H and O–H groups in total. The first-order chi connectivity index (χ1) is 4.70. The Morgan fingerprint density at radius 2 is 2.10 bits per heavy atom. The van der Waals surface area contributed by atoms with E-state index in [1.54, 1.807) is 6.92 Å². The van der Waals surface area contributed by atoms with E-state index in [1.165, 1.54) is 0 Å². The van der Waals surface area contributed by atoms with Crippen molar-refractivity contribution in [2.45, 2.75) is 17.0 Å². The Morgan fingerprint density at radius 3 is 2.50 bits per heavy atom. The van der Waals surface area contributed by atoms with Gasteiger partial charge in [0.25, 0.3) is 0 Å². The average Bonchev–Trinajstić information content (AvgIpc) is 1.88. The third-order valence-corrected chi connectivity index (χ3v) is 1.83. The first-order valence-corrected chi connectivity index (χ1v) is 4.79. The van der Waals surface area contributed by atoms with E-state index in [0.29, 0.717) is 10.3 Å². The van der Waals surface area contributed by atoms with Crippen molar-refractivity contribution in [1.82, 2.24) is 0 Å². The third kappa shape index (κ3) is 4.97. The Kier molecular flexibility index (Phi) is 5.97. The SMILES string of the molecule is CCOC(=O)CC(=O)[CH2][Na]. The Morgan fingerprint density at radius 1 is 1.50 bits per heavy atom. The van der Waals surface area contributed by atoms with E-state index in [0.717, 1.165) is 27.9 Å². The van der Waals surface area contributed by atoms with E-state index in [2.05, 4.69) is 4.74 Å². The zero-order valence-corrected chi connectivity index (χ0v) is 8.35. The van der Waals surface area contributed by atoms with E-state index in [-0.39, 0.29) is 12.2 Å². The van der Waals surface area contributed by atoms with Crippen LogP contribution in [0.5, 0.6) is 0 Å². The molecule has 0 saturated heterocycles. The van der Waals surface area contributed by atoms with Crippen LogP contribution in [0, 0.1) is 0 Å². The van der Waals surface area contributed by atoms with Crippen molar-refractivity contribution in [3.63, 3.8) is 0 Å². The number of Topliss-reactive ketones (excluding diaryl/α,β-unsaturated/α-hetero) is 1. The standard InChI is InChI=1S/C6H9O3.Na/c1-3-9-6(8)4-5(2)7;/h2-4H2,1H3;. The zero-order chi connectivity index (χ0) is 7.98. The summed E-state index contributed by atoms with van der Waals surface area (Å²) in [6.45, 7) is 2.08. The van der Waals surface area contributed by atoms with Gasteiger partial charge in [0, 0.05) is 0 Å². The molecule has 0 spiro atoms. The summed E-state index contributed by atoms with van der Waals surface area (Å²) < 4.78 is 5.11. The quantitative estimate of drug-likeness (QED) is 0.326. The molecule has 0 aromatic carbocycles. The van der Waals surface area contributed by atoms with Gasteiger partial charge in [0.05, 0.1) is 0 Å². The van der Waals surface area contributed by atoms with Crippen molar-refractivity contribution in [3.8, 4) is 0 Å². The molecule has 0 aromatic rings. The van der Waals surface area contributed by atoms with Gasteiger partial charge < -0.3 is 0 Å². The fourth-order valence-electron chi connectivity index (χ4n) is 0.498. The number of hydrogen-bond acceptors (Lipinski definition) is 3. The predicted molar refractivity (Wildman–Crippen MR) is 36.8 cm³/mol. The van der Waals surface area contributed by atoms with E-state index < -0.39 is 5.97 Å². The van der Waals surface area contributed by atoms with Gasteiger partial charge in [-0.3, -0.25) is 0 Å². The van der Waals surface area contributed by atoms with Crippen LogP contribution in [0.3, 0.4) is 0 Å². The molecule has 0 rings (SSSR count). The summed E-state index contributed by atoms with van der Waals surface area (Å²) in [6.07, 6.45) is -0.0443. The molecular weight excluding hydrogens is 143 g/mol. The molecular formula is C6H9NaO3. The summed E-state index contributed by atoms with van der Waals surface area (Å²) in [5, 5.41) is 0. The van der Waals surface area contributed by atoms with Crippen LogP contribution in [0.2, 0.25) is 3.67 Å². The van der Waals surface area contributed by atoms with Gasteiger partial charge in [-0.1, -0.05) is 0 Å². The van der Waals surface area contributed by atoms with Crippen molar-refractivity contribution in [2.24, 2.45) is 0 Å². The molecule has 0 aliphatic carbocycles. The zero-order valence-electron chi connectivity index (χ0n) is 6.35. The van der Waals surface area contributed by atoms with Crippen molar-refractivity contribution in [1.29, 1.82) is 0 Å². The van der Waals surface area contributed by atoms with Crippen LogP contribution in [0.4, 0.5) is 0 Å². The molecule has 0 aliphatic rings. The summed E-state index contributed by atoms with van der Waals surface area (Å²) in [4.78, 5) is 21.2. The molecule has 0 bridgehead atoms. The van der Waals surface area contributed by atoms with Crippen LogP contribution in [0.1, 0.15) is 13.3 Å². The van der Waals surface area contributed by atoms with Gasteiger partial charge in [0.1, 0.15) is 0 Å². The van der Waals surface area contributed by atoms with Crippen molar-refractivity contribution in [3.05, 3.63) is 0 Å².